The van der Waals surface area contributed by atoms with Gasteiger partial charge in [0.05, 0.1) is 12.6 Å². The van der Waals surface area contributed by atoms with Crippen molar-refractivity contribution < 1.29 is 9.84 Å². The summed E-state index contributed by atoms with van der Waals surface area (Å²) in [6.07, 6.45) is 4.25. The fourth-order valence-corrected chi connectivity index (χ4v) is 3.21. The van der Waals surface area contributed by atoms with Crippen molar-refractivity contribution in [1.29, 1.82) is 0 Å². The number of rotatable bonds is 7. The van der Waals surface area contributed by atoms with Crippen LogP contribution in [-0.4, -0.2) is 23.4 Å². The normalized spacial score (nSPS) is 11.4. The van der Waals surface area contributed by atoms with Crippen LogP contribution < -0.4 is 4.74 Å². The van der Waals surface area contributed by atoms with E-state index in [-0.39, 0.29) is 0 Å². The van der Waals surface area contributed by atoms with Crippen molar-refractivity contribution in [3.63, 3.8) is 0 Å². The van der Waals surface area contributed by atoms with Crippen LogP contribution in [0.25, 0.3) is 21.8 Å². The molecule has 116 valence electrons. The molecule has 0 aliphatic carbocycles. The molecule has 0 spiro atoms. The fourth-order valence-electron chi connectivity index (χ4n) is 3.21. The van der Waals surface area contributed by atoms with Gasteiger partial charge in [-0.3, -0.25) is 0 Å². The van der Waals surface area contributed by atoms with Crippen LogP contribution in [0.15, 0.2) is 42.5 Å². The number of methoxy groups -OCH3 is 1. The number of unbranched alkanes of at least 4 members (excludes halogenated alkanes) is 3. The standard InChI is InChI=1S/C19H23NO2/c1-22-18-12-8-10-16-15-9-4-5-11-17(15)20(19(16)18)13-6-2-3-7-14-21/h4-5,8-12,21H,2-3,6-7,13-14H2,1H3. The van der Waals surface area contributed by atoms with Gasteiger partial charge < -0.3 is 14.4 Å². The molecule has 2 aromatic carbocycles. The first-order valence-electron chi connectivity index (χ1n) is 8.01. The summed E-state index contributed by atoms with van der Waals surface area (Å²) in [4.78, 5) is 0. The Morgan fingerprint density at radius 1 is 0.909 bits per heavy atom. The van der Waals surface area contributed by atoms with Gasteiger partial charge in [0, 0.05) is 29.4 Å². The third-order valence-corrected chi connectivity index (χ3v) is 4.26. The Bertz CT molecular complexity index is 761. The van der Waals surface area contributed by atoms with Crippen LogP contribution in [0.5, 0.6) is 5.75 Å². The van der Waals surface area contributed by atoms with Gasteiger partial charge in [-0.2, -0.15) is 0 Å². The van der Waals surface area contributed by atoms with E-state index in [2.05, 4.69) is 41.0 Å². The van der Waals surface area contributed by atoms with Gasteiger partial charge in [-0.15, -0.1) is 0 Å². The molecule has 0 aliphatic heterocycles. The lowest BCUT2D eigenvalue weighted by Gasteiger charge is -2.10. The molecule has 0 bridgehead atoms. The topological polar surface area (TPSA) is 34.4 Å². The molecule has 1 aromatic heterocycles. The molecular formula is C19H23NO2. The summed E-state index contributed by atoms with van der Waals surface area (Å²) in [7, 11) is 1.73. The smallest absolute Gasteiger partial charge is 0.143 e. The monoisotopic (exact) mass is 297 g/mol. The van der Waals surface area contributed by atoms with Crippen molar-refractivity contribution >= 4 is 21.8 Å². The first-order valence-corrected chi connectivity index (χ1v) is 8.01. The van der Waals surface area contributed by atoms with Crippen LogP contribution >= 0.6 is 0 Å². The Kier molecular flexibility index (Phi) is 4.64. The van der Waals surface area contributed by atoms with Gasteiger partial charge in [0.15, 0.2) is 0 Å². The molecule has 0 radical (unpaired) electrons. The van der Waals surface area contributed by atoms with Gasteiger partial charge in [-0.1, -0.05) is 43.2 Å². The minimum atomic E-state index is 0.295. The van der Waals surface area contributed by atoms with Crippen molar-refractivity contribution in [3.05, 3.63) is 42.5 Å². The van der Waals surface area contributed by atoms with E-state index >= 15 is 0 Å². The van der Waals surface area contributed by atoms with E-state index < -0.39 is 0 Å². The van der Waals surface area contributed by atoms with Crippen molar-refractivity contribution in [2.24, 2.45) is 0 Å². The largest absolute Gasteiger partial charge is 0.495 e. The predicted molar refractivity (Wildman–Crippen MR) is 91.5 cm³/mol. The Labute approximate surface area is 131 Å². The van der Waals surface area contributed by atoms with Crippen molar-refractivity contribution in [2.45, 2.75) is 32.2 Å². The molecule has 0 amide bonds. The second-order valence-electron chi connectivity index (χ2n) is 5.66. The zero-order valence-corrected chi connectivity index (χ0v) is 13.1. The molecule has 0 atom stereocenters. The Hall–Kier alpha value is -2.00. The number of aromatic nitrogens is 1. The molecule has 0 aliphatic rings. The van der Waals surface area contributed by atoms with Gasteiger partial charge in [-0.25, -0.2) is 0 Å². The first-order chi connectivity index (χ1) is 10.9. The second-order valence-corrected chi connectivity index (χ2v) is 5.66. The quantitative estimate of drug-likeness (QED) is 0.658. The highest BCUT2D eigenvalue weighted by atomic mass is 16.5. The van der Waals surface area contributed by atoms with Gasteiger partial charge >= 0.3 is 0 Å². The van der Waals surface area contributed by atoms with E-state index in [0.717, 1.165) is 38.0 Å². The predicted octanol–water partition coefficient (Wildman–Crippen LogP) is 4.36. The molecule has 0 unspecified atom stereocenters. The summed E-state index contributed by atoms with van der Waals surface area (Å²) in [5.74, 6) is 0.934. The number of hydrogen-bond acceptors (Lipinski definition) is 2. The highest BCUT2D eigenvalue weighted by molar-refractivity contribution is 6.10. The lowest BCUT2D eigenvalue weighted by Crippen LogP contribution is -1.99. The molecule has 22 heavy (non-hydrogen) atoms. The molecule has 0 fully saturated rings. The number of aliphatic hydroxyl groups is 1. The van der Waals surface area contributed by atoms with E-state index in [0.29, 0.717) is 6.61 Å². The van der Waals surface area contributed by atoms with E-state index in [1.54, 1.807) is 7.11 Å². The summed E-state index contributed by atoms with van der Waals surface area (Å²) in [5.41, 5.74) is 2.46. The van der Waals surface area contributed by atoms with Crippen LogP contribution in [0.3, 0.4) is 0 Å². The summed E-state index contributed by atoms with van der Waals surface area (Å²) >= 11 is 0. The van der Waals surface area contributed by atoms with Crippen LogP contribution in [0.2, 0.25) is 0 Å². The third-order valence-electron chi connectivity index (χ3n) is 4.26. The van der Waals surface area contributed by atoms with Gasteiger partial charge in [-0.05, 0) is 25.0 Å². The molecule has 3 heteroatoms. The number of benzene rings is 2. The van der Waals surface area contributed by atoms with Crippen LogP contribution in [-0.2, 0) is 6.54 Å². The zero-order chi connectivity index (χ0) is 15.4. The molecular weight excluding hydrogens is 274 g/mol. The van der Waals surface area contributed by atoms with Crippen molar-refractivity contribution in [3.8, 4) is 5.75 Å². The van der Waals surface area contributed by atoms with E-state index in [9.17, 15) is 0 Å². The SMILES string of the molecule is COc1cccc2c3ccccc3n(CCCCCCO)c12. The lowest BCUT2D eigenvalue weighted by atomic mass is 10.1. The number of nitrogens with zero attached hydrogens (tertiary/aromatic N) is 1. The van der Waals surface area contributed by atoms with Gasteiger partial charge in [0.25, 0.3) is 0 Å². The average molecular weight is 297 g/mol. The second kappa shape index (κ2) is 6.84. The van der Waals surface area contributed by atoms with Crippen molar-refractivity contribution in [2.75, 3.05) is 13.7 Å². The number of para-hydroxylation sites is 2. The number of ether oxygens (including phenoxy) is 1. The number of aliphatic hydroxyl groups excluding tert-OH is 1. The van der Waals surface area contributed by atoms with E-state index in [1.165, 1.54) is 21.8 Å². The molecule has 3 rings (SSSR count). The van der Waals surface area contributed by atoms with Crippen LogP contribution in [0.1, 0.15) is 25.7 Å². The highest BCUT2D eigenvalue weighted by Crippen LogP contribution is 2.34. The third kappa shape index (κ3) is 2.69. The summed E-state index contributed by atoms with van der Waals surface area (Å²) in [6.45, 7) is 1.28. The minimum Gasteiger partial charge on any atom is -0.495 e. The van der Waals surface area contributed by atoms with Gasteiger partial charge in [0.2, 0.25) is 0 Å². The summed E-state index contributed by atoms with van der Waals surface area (Å²) in [5, 5.41) is 11.4. The van der Waals surface area contributed by atoms with Crippen molar-refractivity contribution in [1.82, 2.24) is 4.57 Å². The summed E-state index contributed by atoms with van der Waals surface area (Å²) in [6, 6.07) is 14.8. The molecule has 3 nitrogen and oxygen atoms in total. The zero-order valence-electron chi connectivity index (χ0n) is 13.1. The molecule has 3 aromatic rings. The van der Waals surface area contributed by atoms with Crippen LogP contribution in [0, 0.1) is 0 Å². The molecule has 0 saturated heterocycles. The minimum absolute atomic E-state index is 0.295. The number of hydrogen-bond donors (Lipinski definition) is 1. The van der Waals surface area contributed by atoms with Gasteiger partial charge in [0.1, 0.15) is 5.75 Å². The average Bonchev–Trinajstić information content (AvgIpc) is 2.89. The van der Waals surface area contributed by atoms with E-state index in [4.69, 9.17) is 9.84 Å². The van der Waals surface area contributed by atoms with E-state index in [1.807, 2.05) is 6.07 Å². The first kappa shape index (κ1) is 14.9. The Morgan fingerprint density at radius 3 is 2.50 bits per heavy atom. The number of fused-ring (bicyclic) bond motifs is 3. The maximum absolute atomic E-state index is 8.88. The van der Waals surface area contributed by atoms with Crippen LogP contribution in [0.4, 0.5) is 0 Å². The number of aryl methyl sites for hydroxylation is 1. The molecule has 1 N–H and O–H groups in total. The summed E-state index contributed by atoms with van der Waals surface area (Å²) < 4.78 is 7.97. The highest BCUT2D eigenvalue weighted by Gasteiger charge is 2.13. The molecule has 1 heterocycles. The maximum Gasteiger partial charge on any atom is 0.143 e. The Balaban J connectivity index is 2.01. The lowest BCUT2D eigenvalue weighted by molar-refractivity contribution is 0.282. The maximum atomic E-state index is 8.88. The fraction of sp³-hybridized carbons (Fsp3) is 0.368. The molecule has 0 saturated carbocycles. The Morgan fingerprint density at radius 2 is 1.68 bits per heavy atom.